The first kappa shape index (κ1) is 15.2. The molecule has 0 heterocycles. The van der Waals surface area contributed by atoms with Crippen molar-refractivity contribution < 1.29 is 9.85 Å². The highest BCUT2D eigenvalue weighted by molar-refractivity contribution is 5.67. The summed E-state index contributed by atoms with van der Waals surface area (Å²) in [4.78, 5) is 20.4. The molecule has 0 fully saturated rings. The Kier molecular flexibility index (Phi) is 4.47. The molecular formula is C15H13N3O4. The first-order chi connectivity index (χ1) is 10.5. The van der Waals surface area contributed by atoms with Gasteiger partial charge in [0.15, 0.2) is 0 Å². The molecule has 0 saturated heterocycles. The average molecular weight is 299 g/mol. The van der Waals surface area contributed by atoms with E-state index in [-0.39, 0.29) is 11.4 Å². The summed E-state index contributed by atoms with van der Waals surface area (Å²) in [7, 11) is 0. The lowest BCUT2D eigenvalue weighted by Crippen LogP contribution is -2.11. The predicted molar refractivity (Wildman–Crippen MR) is 82.1 cm³/mol. The number of rotatable bonds is 6. The highest BCUT2D eigenvalue weighted by Crippen LogP contribution is 2.25. The fourth-order valence-electron chi connectivity index (χ4n) is 1.89. The molecule has 7 heteroatoms. The van der Waals surface area contributed by atoms with Crippen LogP contribution in [0.3, 0.4) is 0 Å². The summed E-state index contributed by atoms with van der Waals surface area (Å²) in [5.41, 5.74) is 1.02. The van der Waals surface area contributed by atoms with E-state index in [0.717, 1.165) is 11.6 Å². The quantitative estimate of drug-likeness (QED) is 0.652. The maximum atomic E-state index is 10.9. The number of nitrogens with zero attached hydrogens (tertiary/aromatic N) is 2. The van der Waals surface area contributed by atoms with Crippen molar-refractivity contribution in [3.8, 4) is 0 Å². The SMILES string of the molecule is C=C(NCc1ccccc1)c1cc([N+](=O)[O-])cc([N+](=O)[O-])c1. The third-order valence-corrected chi connectivity index (χ3v) is 3.02. The van der Waals surface area contributed by atoms with Gasteiger partial charge in [-0.3, -0.25) is 20.2 Å². The second-order valence-corrected chi connectivity index (χ2v) is 4.57. The summed E-state index contributed by atoms with van der Waals surface area (Å²) >= 11 is 0. The van der Waals surface area contributed by atoms with Gasteiger partial charge in [0.1, 0.15) is 0 Å². The molecule has 2 aromatic carbocycles. The van der Waals surface area contributed by atoms with Crippen LogP contribution in [0, 0.1) is 20.2 Å². The molecule has 0 amide bonds. The minimum Gasteiger partial charge on any atom is -0.381 e. The molecular weight excluding hydrogens is 286 g/mol. The number of nitro benzene ring substituents is 2. The zero-order valence-electron chi connectivity index (χ0n) is 11.6. The number of hydrogen-bond acceptors (Lipinski definition) is 5. The van der Waals surface area contributed by atoms with Crippen molar-refractivity contribution in [2.45, 2.75) is 6.54 Å². The summed E-state index contributed by atoms with van der Waals surface area (Å²) in [5.74, 6) is 0. The minimum atomic E-state index is -0.666. The van der Waals surface area contributed by atoms with Gasteiger partial charge < -0.3 is 5.32 Å². The number of benzene rings is 2. The molecule has 0 aliphatic rings. The minimum absolute atomic E-state index is 0.317. The molecule has 0 aliphatic heterocycles. The van der Waals surface area contributed by atoms with Crippen LogP contribution in [0.4, 0.5) is 11.4 Å². The lowest BCUT2D eigenvalue weighted by Gasteiger charge is -2.10. The van der Waals surface area contributed by atoms with Gasteiger partial charge in [-0.1, -0.05) is 36.9 Å². The van der Waals surface area contributed by atoms with E-state index in [1.807, 2.05) is 30.3 Å². The van der Waals surface area contributed by atoms with E-state index in [9.17, 15) is 20.2 Å². The first-order valence-corrected chi connectivity index (χ1v) is 6.38. The van der Waals surface area contributed by atoms with Crippen LogP contribution in [0.15, 0.2) is 55.1 Å². The Bertz CT molecular complexity index is 697. The first-order valence-electron chi connectivity index (χ1n) is 6.38. The number of nitrogens with one attached hydrogen (secondary N) is 1. The van der Waals surface area contributed by atoms with Gasteiger partial charge in [0.2, 0.25) is 0 Å². The van der Waals surface area contributed by atoms with Crippen LogP contribution in [-0.4, -0.2) is 9.85 Å². The van der Waals surface area contributed by atoms with Crippen molar-refractivity contribution in [3.63, 3.8) is 0 Å². The second-order valence-electron chi connectivity index (χ2n) is 4.57. The van der Waals surface area contributed by atoms with Gasteiger partial charge in [0.25, 0.3) is 11.4 Å². The molecule has 0 aromatic heterocycles. The highest BCUT2D eigenvalue weighted by atomic mass is 16.6. The van der Waals surface area contributed by atoms with E-state index in [1.165, 1.54) is 12.1 Å². The van der Waals surface area contributed by atoms with Crippen LogP contribution in [-0.2, 0) is 6.54 Å². The van der Waals surface area contributed by atoms with E-state index in [0.29, 0.717) is 17.8 Å². The molecule has 0 atom stereocenters. The summed E-state index contributed by atoms with van der Waals surface area (Å²) < 4.78 is 0. The van der Waals surface area contributed by atoms with E-state index in [2.05, 4.69) is 11.9 Å². The van der Waals surface area contributed by atoms with Crippen molar-refractivity contribution in [1.82, 2.24) is 5.32 Å². The molecule has 22 heavy (non-hydrogen) atoms. The van der Waals surface area contributed by atoms with E-state index < -0.39 is 9.85 Å². The van der Waals surface area contributed by atoms with Crippen LogP contribution in [0.1, 0.15) is 11.1 Å². The molecule has 0 aliphatic carbocycles. The van der Waals surface area contributed by atoms with E-state index in [1.54, 1.807) is 0 Å². The van der Waals surface area contributed by atoms with Gasteiger partial charge in [-0.05, 0) is 5.56 Å². The molecule has 0 bridgehead atoms. The lowest BCUT2D eigenvalue weighted by atomic mass is 10.1. The van der Waals surface area contributed by atoms with Crippen LogP contribution in [0.25, 0.3) is 5.70 Å². The second kappa shape index (κ2) is 6.49. The normalized spacial score (nSPS) is 10.0. The van der Waals surface area contributed by atoms with Gasteiger partial charge in [-0.25, -0.2) is 0 Å². The molecule has 0 radical (unpaired) electrons. The zero-order valence-corrected chi connectivity index (χ0v) is 11.6. The fourth-order valence-corrected chi connectivity index (χ4v) is 1.89. The summed E-state index contributed by atoms with van der Waals surface area (Å²) in [6.07, 6.45) is 0. The van der Waals surface area contributed by atoms with Crippen molar-refractivity contribution in [3.05, 3.63) is 86.5 Å². The third-order valence-electron chi connectivity index (χ3n) is 3.02. The topological polar surface area (TPSA) is 98.3 Å². The Morgan fingerprint density at radius 2 is 1.55 bits per heavy atom. The smallest absolute Gasteiger partial charge is 0.276 e. The average Bonchev–Trinajstić information content (AvgIpc) is 2.53. The van der Waals surface area contributed by atoms with Gasteiger partial charge in [0.05, 0.1) is 15.9 Å². The van der Waals surface area contributed by atoms with E-state index in [4.69, 9.17) is 0 Å². The number of nitro groups is 2. The summed E-state index contributed by atoms with van der Waals surface area (Å²) in [5, 5.41) is 24.7. The molecule has 7 nitrogen and oxygen atoms in total. The van der Waals surface area contributed by atoms with Crippen LogP contribution >= 0.6 is 0 Å². The van der Waals surface area contributed by atoms with Crippen LogP contribution in [0.5, 0.6) is 0 Å². The number of hydrogen-bond donors (Lipinski definition) is 1. The Balaban J connectivity index is 2.21. The Morgan fingerprint density at radius 1 is 1.00 bits per heavy atom. The molecule has 0 saturated carbocycles. The van der Waals surface area contributed by atoms with Crippen molar-refractivity contribution >= 4 is 17.1 Å². The fraction of sp³-hybridized carbons (Fsp3) is 0.0667. The molecule has 0 spiro atoms. The van der Waals surface area contributed by atoms with Gasteiger partial charge in [-0.2, -0.15) is 0 Å². The summed E-state index contributed by atoms with van der Waals surface area (Å²) in [6, 6.07) is 12.9. The maximum Gasteiger partial charge on any atom is 0.276 e. The molecule has 112 valence electrons. The standard InChI is InChI=1S/C15H13N3O4/c1-11(16-10-12-5-3-2-4-6-12)13-7-14(17(19)20)9-15(8-13)18(21)22/h2-9,16H,1,10H2. The van der Waals surface area contributed by atoms with Crippen molar-refractivity contribution in [2.75, 3.05) is 0 Å². The zero-order chi connectivity index (χ0) is 16.1. The Morgan fingerprint density at radius 3 is 2.05 bits per heavy atom. The van der Waals surface area contributed by atoms with Gasteiger partial charge in [0, 0.05) is 29.9 Å². The monoisotopic (exact) mass is 299 g/mol. The van der Waals surface area contributed by atoms with E-state index >= 15 is 0 Å². The predicted octanol–water partition coefficient (Wildman–Crippen LogP) is 3.26. The molecule has 2 aromatic rings. The lowest BCUT2D eigenvalue weighted by molar-refractivity contribution is -0.394. The van der Waals surface area contributed by atoms with Crippen molar-refractivity contribution in [1.29, 1.82) is 0 Å². The maximum absolute atomic E-state index is 10.9. The Hall–Kier alpha value is -3.22. The van der Waals surface area contributed by atoms with Gasteiger partial charge >= 0.3 is 0 Å². The summed E-state index contributed by atoms with van der Waals surface area (Å²) in [6.45, 7) is 4.25. The molecule has 2 rings (SSSR count). The third kappa shape index (κ3) is 3.66. The Labute approximate surface area is 126 Å². The molecule has 0 unspecified atom stereocenters. The molecule has 1 N–H and O–H groups in total. The van der Waals surface area contributed by atoms with Crippen LogP contribution in [0.2, 0.25) is 0 Å². The van der Waals surface area contributed by atoms with Gasteiger partial charge in [-0.15, -0.1) is 0 Å². The number of non-ortho nitro benzene ring substituents is 2. The largest absolute Gasteiger partial charge is 0.381 e. The highest BCUT2D eigenvalue weighted by Gasteiger charge is 2.17. The van der Waals surface area contributed by atoms with Crippen molar-refractivity contribution in [2.24, 2.45) is 0 Å². The van der Waals surface area contributed by atoms with Crippen LogP contribution < -0.4 is 5.32 Å².